The summed E-state index contributed by atoms with van der Waals surface area (Å²) in [6.07, 6.45) is 41.0. The molecule has 1 heterocycles. The van der Waals surface area contributed by atoms with E-state index < -0.39 is 43.4 Å². The summed E-state index contributed by atoms with van der Waals surface area (Å²) in [6, 6.07) is 0. The van der Waals surface area contributed by atoms with E-state index in [0.717, 1.165) is 77.0 Å². The van der Waals surface area contributed by atoms with Crippen LogP contribution in [0.5, 0.6) is 0 Å². The van der Waals surface area contributed by atoms with Crippen molar-refractivity contribution in [2.24, 2.45) is 0 Å². The minimum atomic E-state index is -1.54. The number of carbonyl (C=O) groups excluding carboxylic acids is 1. The van der Waals surface area contributed by atoms with Crippen LogP contribution in [0.3, 0.4) is 0 Å². The Balaban J connectivity index is 2.25. The molecular weight excluding hydrogens is 709 g/mol. The Labute approximate surface area is 341 Å². The van der Waals surface area contributed by atoms with E-state index in [4.69, 9.17) is 18.9 Å². The molecule has 1 rings (SSSR count). The molecule has 0 spiro atoms. The van der Waals surface area contributed by atoms with Gasteiger partial charge in [-0.05, 0) is 70.6 Å². The molecule has 1 saturated heterocycles. The second kappa shape index (κ2) is 38.4. The first-order chi connectivity index (χ1) is 27.4. The second-order valence-corrected chi connectivity index (χ2v) is 15.1. The van der Waals surface area contributed by atoms with E-state index in [1.165, 1.54) is 70.6 Å². The molecule has 9 heteroatoms. The molecule has 1 aliphatic rings. The smallest absolute Gasteiger partial charge is 0.306 e. The van der Waals surface area contributed by atoms with E-state index in [-0.39, 0.29) is 19.2 Å². The van der Waals surface area contributed by atoms with Gasteiger partial charge in [-0.25, -0.2) is 0 Å². The molecule has 0 aromatic rings. The molecule has 9 nitrogen and oxygen atoms in total. The van der Waals surface area contributed by atoms with Crippen molar-refractivity contribution >= 4 is 5.97 Å². The summed E-state index contributed by atoms with van der Waals surface area (Å²) in [5.41, 5.74) is 0. The van der Waals surface area contributed by atoms with Crippen LogP contribution >= 0.6 is 0 Å². The lowest BCUT2D eigenvalue weighted by Gasteiger charge is -2.39. The van der Waals surface area contributed by atoms with Gasteiger partial charge in [-0.15, -0.1) is 0 Å². The van der Waals surface area contributed by atoms with Crippen molar-refractivity contribution in [2.45, 2.75) is 205 Å². The third kappa shape index (κ3) is 29.2. The van der Waals surface area contributed by atoms with Crippen LogP contribution in [0.2, 0.25) is 0 Å². The number of esters is 1. The van der Waals surface area contributed by atoms with Gasteiger partial charge in [0.2, 0.25) is 0 Å². The van der Waals surface area contributed by atoms with E-state index >= 15 is 0 Å². The van der Waals surface area contributed by atoms with Crippen molar-refractivity contribution in [1.82, 2.24) is 0 Å². The van der Waals surface area contributed by atoms with E-state index in [0.29, 0.717) is 13.0 Å². The Hall–Kier alpha value is -2.11. The van der Waals surface area contributed by atoms with Crippen LogP contribution in [-0.4, -0.2) is 89.6 Å². The number of hydrogen-bond acceptors (Lipinski definition) is 9. The molecule has 0 amide bonds. The number of ether oxygens (including phenoxy) is 4. The summed E-state index contributed by atoms with van der Waals surface area (Å²) >= 11 is 0. The number of aliphatic hydroxyl groups excluding tert-OH is 4. The van der Waals surface area contributed by atoms with E-state index in [1.54, 1.807) is 0 Å². The average molecular weight is 791 g/mol. The van der Waals surface area contributed by atoms with Crippen LogP contribution in [0.15, 0.2) is 60.8 Å². The highest BCUT2D eigenvalue weighted by Gasteiger charge is 2.44. The van der Waals surface area contributed by atoms with Crippen molar-refractivity contribution in [1.29, 1.82) is 0 Å². The number of carbonyl (C=O) groups is 1. The number of allylic oxidation sites excluding steroid dienone is 10. The summed E-state index contributed by atoms with van der Waals surface area (Å²) in [6.45, 7) is 4.38. The number of hydrogen-bond donors (Lipinski definition) is 4. The van der Waals surface area contributed by atoms with Crippen LogP contribution in [0.25, 0.3) is 0 Å². The SMILES string of the molecule is CC/C=C\C/C=C\C/C=C\C/C=C\CCCCCCCCCCC(=O)OC(COCCCCCCCC/C=C\CCCC)COC1OC(CO)C(O)C(O)C1O. The molecule has 4 N–H and O–H groups in total. The van der Waals surface area contributed by atoms with Gasteiger partial charge in [-0.3, -0.25) is 4.79 Å². The lowest BCUT2D eigenvalue weighted by atomic mass is 9.99. The van der Waals surface area contributed by atoms with Gasteiger partial charge in [0.25, 0.3) is 0 Å². The maximum absolute atomic E-state index is 12.8. The molecule has 6 unspecified atom stereocenters. The fourth-order valence-corrected chi connectivity index (χ4v) is 6.40. The molecule has 0 radical (unpaired) electrons. The van der Waals surface area contributed by atoms with Gasteiger partial charge < -0.3 is 39.4 Å². The second-order valence-electron chi connectivity index (χ2n) is 15.1. The van der Waals surface area contributed by atoms with Crippen LogP contribution in [-0.2, 0) is 23.7 Å². The first kappa shape index (κ1) is 51.9. The quantitative estimate of drug-likeness (QED) is 0.0276. The highest BCUT2D eigenvalue weighted by molar-refractivity contribution is 5.69. The highest BCUT2D eigenvalue weighted by Crippen LogP contribution is 2.22. The Morgan fingerprint density at radius 1 is 0.589 bits per heavy atom. The minimum absolute atomic E-state index is 0.121. The molecule has 0 aromatic carbocycles. The van der Waals surface area contributed by atoms with Gasteiger partial charge in [0.15, 0.2) is 6.29 Å². The van der Waals surface area contributed by atoms with Crippen molar-refractivity contribution in [2.75, 3.05) is 26.4 Å². The van der Waals surface area contributed by atoms with Crippen molar-refractivity contribution in [3.05, 3.63) is 60.8 Å². The molecule has 0 aliphatic carbocycles. The fraction of sp³-hybridized carbons (Fsp3) is 0.766. The molecular formula is C47H82O9. The Morgan fingerprint density at radius 2 is 1.09 bits per heavy atom. The topological polar surface area (TPSA) is 135 Å². The normalized spacial score (nSPS) is 21.1. The van der Waals surface area contributed by atoms with Gasteiger partial charge in [0, 0.05) is 13.0 Å². The van der Waals surface area contributed by atoms with Gasteiger partial charge in [-0.1, -0.05) is 152 Å². The van der Waals surface area contributed by atoms with Crippen LogP contribution < -0.4 is 0 Å². The summed E-state index contributed by atoms with van der Waals surface area (Å²) in [7, 11) is 0. The fourth-order valence-electron chi connectivity index (χ4n) is 6.40. The van der Waals surface area contributed by atoms with E-state index in [2.05, 4.69) is 74.6 Å². The molecule has 1 aliphatic heterocycles. The number of rotatable bonds is 37. The van der Waals surface area contributed by atoms with Crippen molar-refractivity contribution < 1.29 is 44.2 Å². The molecule has 1 fully saturated rings. The van der Waals surface area contributed by atoms with Gasteiger partial charge >= 0.3 is 5.97 Å². The Bertz CT molecular complexity index is 1040. The van der Waals surface area contributed by atoms with Crippen LogP contribution in [0.1, 0.15) is 168 Å². The zero-order valence-corrected chi connectivity index (χ0v) is 35.4. The Morgan fingerprint density at radius 3 is 1.66 bits per heavy atom. The van der Waals surface area contributed by atoms with E-state index in [9.17, 15) is 25.2 Å². The molecule has 0 bridgehead atoms. The largest absolute Gasteiger partial charge is 0.457 e. The lowest BCUT2D eigenvalue weighted by molar-refractivity contribution is -0.305. The maximum Gasteiger partial charge on any atom is 0.306 e. The summed E-state index contributed by atoms with van der Waals surface area (Å²) in [5, 5.41) is 40.1. The molecule has 6 atom stereocenters. The van der Waals surface area contributed by atoms with Crippen molar-refractivity contribution in [3.8, 4) is 0 Å². The molecule has 324 valence electrons. The summed E-state index contributed by atoms with van der Waals surface area (Å²) in [5.74, 6) is -0.327. The average Bonchev–Trinajstić information content (AvgIpc) is 3.20. The van der Waals surface area contributed by atoms with Crippen molar-refractivity contribution in [3.63, 3.8) is 0 Å². The lowest BCUT2D eigenvalue weighted by Crippen LogP contribution is -2.59. The standard InChI is InChI=1S/C47H82O9/c1-3-5-7-9-11-13-15-17-18-19-20-21-22-23-24-25-26-28-30-32-34-36-43(49)55-41(40-54-47-46(52)45(51)44(50)42(38-48)56-47)39-53-37-35-33-31-29-27-16-14-12-10-8-6-4-2/h5,7,10-13,17-18,20-21,41-42,44-48,50-52H,3-4,6,8-9,14-16,19,22-40H2,1-2H3/b7-5-,12-10-,13-11-,18-17-,21-20-. The molecule has 0 aromatic heterocycles. The number of aliphatic hydroxyl groups is 4. The number of unbranched alkanes of at least 4 members (excludes halogenated alkanes) is 16. The third-order valence-electron chi connectivity index (χ3n) is 9.92. The van der Waals surface area contributed by atoms with Gasteiger partial charge in [0.05, 0.1) is 19.8 Å². The zero-order valence-electron chi connectivity index (χ0n) is 35.4. The highest BCUT2D eigenvalue weighted by atomic mass is 16.7. The summed E-state index contributed by atoms with van der Waals surface area (Å²) < 4.78 is 22.8. The summed E-state index contributed by atoms with van der Waals surface area (Å²) in [4.78, 5) is 12.8. The molecule has 0 saturated carbocycles. The van der Waals surface area contributed by atoms with Crippen LogP contribution in [0, 0.1) is 0 Å². The van der Waals surface area contributed by atoms with Crippen LogP contribution in [0.4, 0.5) is 0 Å². The van der Waals surface area contributed by atoms with E-state index in [1.807, 2.05) is 0 Å². The predicted molar refractivity (Wildman–Crippen MR) is 228 cm³/mol. The first-order valence-corrected chi connectivity index (χ1v) is 22.4. The molecule has 56 heavy (non-hydrogen) atoms. The predicted octanol–water partition coefficient (Wildman–Crippen LogP) is 9.91. The zero-order chi connectivity index (χ0) is 40.7. The maximum atomic E-state index is 12.8. The monoisotopic (exact) mass is 791 g/mol. The third-order valence-corrected chi connectivity index (χ3v) is 9.92. The Kier molecular flexibility index (Phi) is 35.6. The minimum Gasteiger partial charge on any atom is -0.457 e. The van der Waals surface area contributed by atoms with Gasteiger partial charge in [0.1, 0.15) is 30.5 Å². The first-order valence-electron chi connectivity index (χ1n) is 22.4. The van der Waals surface area contributed by atoms with Gasteiger partial charge in [-0.2, -0.15) is 0 Å².